The molecule has 1 rings (SSSR count). The first kappa shape index (κ1) is 13.7. The fourth-order valence-corrected chi connectivity index (χ4v) is 1.56. The molecule has 5 nitrogen and oxygen atoms in total. The summed E-state index contributed by atoms with van der Waals surface area (Å²) in [7, 11) is 0. The van der Waals surface area contributed by atoms with Gasteiger partial charge in [0.15, 0.2) is 0 Å². The molecule has 0 aromatic carbocycles. The molecular weight excluding hydrogens is 220 g/mol. The van der Waals surface area contributed by atoms with Gasteiger partial charge in [0.05, 0.1) is 30.9 Å². The van der Waals surface area contributed by atoms with Crippen LogP contribution in [0.3, 0.4) is 0 Å². The number of aliphatic hydroxyl groups is 1. The van der Waals surface area contributed by atoms with Gasteiger partial charge in [-0.15, -0.1) is 0 Å². The van der Waals surface area contributed by atoms with Crippen molar-refractivity contribution >= 4 is 5.97 Å². The van der Waals surface area contributed by atoms with Crippen molar-refractivity contribution in [3.8, 4) is 0 Å². The molecule has 1 unspecified atom stereocenters. The van der Waals surface area contributed by atoms with Crippen LogP contribution < -0.4 is 0 Å². The van der Waals surface area contributed by atoms with E-state index in [1.165, 1.54) is 0 Å². The minimum absolute atomic E-state index is 0.232. The van der Waals surface area contributed by atoms with Crippen LogP contribution >= 0.6 is 0 Å². The smallest absolute Gasteiger partial charge is 0.305 e. The number of esters is 1. The Morgan fingerprint density at radius 3 is 3.00 bits per heavy atom. The van der Waals surface area contributed by atoms with E-state index in [0.717, 1.165) is 18.7 Å². The van der Waals surface area contributed by atoms with Crippen molar-refractivity contribution in [2.24, 2.45) is 0 Å². The number of carbonyl (C=O) groups is 1. The second-order valence-corrected chi connectivity index (χ2v) is 3.88. The highest BCUT2D eigenvalue weighted by molar-refractivity contribution is 5.69. The highest BCUT2D eigenvalue weighted by atomic mass is 16.5. The molecule has 0 fully saturated rings. The number of imidazole rings is 1. The zero-order valence-electron chi connectivity index (χ0n) is 10.4. The minimum Gasteiger partial charge on any atom is -0.466 e. The SMILES string of the molecule is CCCOC(=O)CCC(O)c1cncn1CC. The maximum atomic E-state index is 11.3. The van der Waals surface area contributed by atoms with Gasteiger partial charge in [0.1, 0.15) is 0 Å². The number of rotatable bonds is 7. The summed E-state index contributed by atoms with van der Waals surface area (Å²) in [5.41, 5.74) is 0.746. The molecular formula is C12H20N2O3. The van der Waals surface area contributed by atoms with Crippen LogP contribution in [0.1, 0.15) is 44.9 Å². The average Bonchev–Trinajstić information content (AvgIpc) is 2.81. The van der Waals surface area contributed by atoms with Gasteiger partial charge in [0, 0.05) is 13.0 Å². The molecule has 0 spiro atoms. The summed E-state index contributed by atoms with van der Waals surface area (Å²) >= 11 is 0. The summed E-state index contributed by atoms with van der Waals surface area (Å²) in [4.78, 5) is 15.3. The van der Waals surface area contributed by atoms with Crippen molar-refractivity contribution in [3.05, 3.63) is 18.2 Å². The molecule has 0 saturated heterocycles. The summed E-state index contributed by atoms with van der Waals surface area (Å²) in [5, 5.41) is 9.93. The van der Waals surface area contributed by atoms with Crippen molar-refractivity contribution in [1.29, 1.82) is 0 Å². The van der Waals surface area contributed by atoms with Gasteiger partial charge < -0.3 is 14.4 Å². The van der Waals surface area contributed by atoms with Crippen molar-refractivity contribution in [1.82, 2.24) is 9.55 Å². The molecule has 0 aliphatic rings. The van der Waals surface area contributed by atoms with Crippen LogP contribution in [-0.4, -0.2) is 27.2 Å². The second kappa shape index (κ2) is 7.06. The van der Waals surface area contributed by atoms with Gasteiger partial charge in [-0.2, -0.15) is 0 Å². The summed E-state index contributed by atoms with van der Waals surface area (Å²) in [6.45, 7) is 5.13. The number of aryl methyl sites for hydroxylation is 1. The lowest BCUT2D eigenvalue weighted by Crippen LogP contribution is -2.10. The Hall–Kier alpha value is -1.36. The van der Waals surface area contributed by atoms with E-state index in [4.69, 9.17) is 4.74 Å². The van der Waals surface area contributed by atoms with E-state index >= 15 is 0 Å². The first-order valence-electron chi connectivity index (χ1n) is 6.02. The highest BCUT2D eigenvalue weighted by Gasteiger charge is 2.14. The number of aliphatic hydroxyl groups excluding tert-OH is 1. The molecule has 0 amide bonds. The quantitative estimate of drug-likeness (QED) is 0.736. The van der Waals surface area contributed by atoms with Crippen LogP contribution in [0.4, 0.5) is 0 Å². The van der Waals surface area contributed by atoms with Gasteiger partial charge in [-0.3, -0.25) is 4.79 Å². The van der Waals surface area contributed by atoms with E-state index < -0.39 is 6.10 Å². The molecule has 17 heavy (non-hydrogen) atoms. The molecule has 1 N–H and O–H groups in total. The number of hydrogen-bond acceptors (Lipinski definition) is 4. The summed E-state index contributed by atoms with van der Waals surface area (Å²) in [6, 6.07) is 0. The van der Waals surface area contributed by atoms with E-state index in [2.05, 4.69) is 4.98 Å². The van der Waals surface area contributed by atoms with Crippen molar-refractivity contribution < 1.29 is 14.6 Å². The van der Waals surface area contributed by atoms with Gasteiger partial charge in [0.2, 0.25) is 0 Å². The van der Waals surface area contributed by atoms with Gasteiger partial charge in [-0.25, -0.2) is 4.98 Å². The Morgan fingerprint density at radius 1 is 1.59 bits per heavy atom. The van der Waals surface area contributed by atoms with Crippen molar-refractivity contribution in [2.75, 3.05) is 6.61 Å². The molecule has 1 heterocycles. The summed E-state index contributed by atoms with van der Waals surface area (Å²) in [6.07, 6.45) is 4.06. The Kier molecular flexibility index (Phi) is 5.69. The third-order valence-electron chi connectivity index (χ3n) is 2.52. The van der Waals surface area contributed by atoms with E-state index in [-0.39, 0.29) is 12.4 Å². The Balaban J connectivity index is 2.39. The number of aromatic nitrogens is 2. The van der Waals surface area contributed by atoms with E-state index in [1.807, 2.05) is 18.4 Å². The largest absolute Gasteiger partial charge is 0.466 e. The third-order valence-corrected chi connectivity index (χ3v) is 2.52. The zero-order valence-corrected chi connectivity index (χ0v) is 10.4. The molecule has 5 heteroatoms. The fourth-order valence-electron chi connectivity index (χ4n) is 1.56. The lowest BCUT2D eigenvalue weighted by atomic mass is 10.1. The van der Waals surface area contributed by atoms with E-state index in [9.17, 15) is 9.90 Å². The topological polar surface area (TPSA) is 64.3 Å². The molecule has 1 atom stereocenters. The van der Waals surface area contributed by atoms with Crippen molar-refractivity contribution in [2.45, 2.75) is 45.8 Å². The Labute approximate surface area is 101 Å². The molecule has 1 aromatic rings. The number of nitrogens with zero attached hydrogens (tertiary/aromatic N) is 2. The van der Waals surface area contributed by atoms with Gasteiger partial charge in [-0.1, -0.05) is 6.92 Å². The Morgan fingerprint density at radius 2 is 2.35 bits per heavy atom. The maximum absolute atomic E-state index is 11.3. The lowest BCUT2D eigenvalue weighted by Gasteiger charge is -2.12. The maximum Gasteiger partial charge on any atom is 0.305 e. The predicted molar refractivity (Wildman–Crippen MR) is 63.3 cm³/mol. The van der Waals surface area contributed by atoms with Crippen LogP contribution in [0.2, 0.25) is 0 Å². The van der Waals surface area contributed by atoms with E-state index in [1.54, 1.807) is 12.5 Å². The van der Waals surface area contributed by atoms with Crippen LogP contribution in [-0.2, 0) is 16.1 Å². The second-order valence-electron chi connectivity index (χ2n) is 3.88. The molecule has 0 aliphatic carbocycles. The third kappa shape index (κ3) is 4.19. The normalized spacial score (nSPS) is 12.4. The van der Waals surface area contributed by atoms with Crippen molar-refractivity contribution in [3.63, 3.8) is 0 Å². The summed E-state index contributed by atoms with van der Waals surface area (Å²) in [5.74, 6) is -0.256. The van der Waals surface area contributed by atoms with Crippen LogP contribution in [0, 0.1) is 0 Å². The number of carbonyl (C=O) groups excluding carboxylic acids is 1. The zero-order chi connectivity index (χ0) is 12.7. The highest BCUT2D eigenvalue weighted by Crippen LogP contribution is 2.18. The van der Waals surface area contributed by atoms with Gasteiger partial charge in [0.25, 0.3) is 0 Å². The van der Waals surface area contributed by atoms with Crippen LogP contribution in [0.5, 0.6) is 0 Å². The first-order chi connectivity index (χ1) is 8.19. The van der Waals surface area contributed by atoms with E-state index in [0.29, 0.717) is 13.0 Å². The molecule has 96 valence electrons. The first-order valence-corrected chi connectivity index (χ1v) is 6.02. The molecule has 0 saturated carbocycles. The van der Waals surface area contributed by atoms with Crippen LogP contribution in [0.25, 0.3) is 0 Å². The monoisotopic (exact) mass is 240 g/mol. The standard InChI is InChI=1S/C12H20N2O3/c1-3-7-17-12(16)6-5-11(15)10-8-13-9-14(10)4-2/h8-9,11,15H,3-7H2,1-2H3. The average molecular weight is 240 g/mol. The molecule has 0 aliphatic heterocycles. The predicted octanol–water partition coefficient (Wildman–Crippen LogP) is 1.67. The number of hydrogen-bond donors (Lipinski definition) is 1. The molecule has 0 bridgehead atoms. The van der Waals surface area contributed by atoms with Gasteiger partial charge >= 0.3 is 5.97 Å². The Bertz CT molecular complexity index is 349. The van der Waals surface area contributed by atoms with Gasteiger partial charge in [-0.05, 0) is 19.8 Å². The number of ether oxygens (including phenoxy) is 1. The minimum atomic E-state index is -0.661. The fraction of sp³-hybridized carbons (Fsp3) is 0.667. The summed E-state index contributed by atoms with van der Waals surface area (Å²) < 4.78 is 6.81. The molecule has 1 aromatic heterocycles. The molecule has 0 radical (unpaired) electrons. The lowest BCUT2D eigenvalue weighted by molar-refractivity contribution is -0.144. The van der Waals surface area contributed by atoms with Crippen LogP contribution in [0.15, 0.2) is 12.5 Å².